The van der Waals surface area contributed by atoms with E-state index in [4.69, 9.17) is 5.73 Å². The molecule has 3 aliphatic heterocycles. The SMILES string of the molecule is CC1=C(C2CCNCC2)C(=C2\C=CNC2C)/C(=C\N)NC1. The lowest BCUT2D eigenvalue weighted by molar-refractivity contribution is 0.417. The fourth-order valence-electron chi connectivity index (χ4n) is 3.70. The highest BCUT2D eigenvalue weighted by Crippen LogP contribution is 2.38. The van der Waals surface area contributed by atoms with E-state index in [0.29, 0.717) is 12.0 Å². The first-order valence-corrected chi connectivity index (χ1v) is 7.96. The summed E-state index contributed by atoms with van der Waals surface area (Å²) in [5.41, 5.74) is 12.7. The van der Waals surface area contributed by atoms with E-state index in [1.165, 1.54) is 35.1 Å². The molecule has 1 saturated heterocycles. The number of nitrogens with two attached hydrogens (primary N) is 1. The molecule has 4 nitrogen and oxygen atoms in total. The monoisotopic (exact) mass is 286 g/mol. The van der Waals surface area contributed by atoms with Crippen LogP contribution in [0.1, 0.15) is 26.7 Å². The molecular formula is C17H26N4. The highest BCUT2D eigenvalue weighted by Gasteiger charge is 2.30. The molecule has 0 aliphatic carbocycles. The molecule has 1 atom stereocenters. The predicted molar refractivity (Wildman–Crippen MR) is 87.3 cm³/mol. The van der Waals surface area contributed by atoms with Crippen molar-refractivity contribution in [3.8, 4) is 0 Å². The van der Waals surface area contributed by atoms with E-state index >= 15 is 0 Å². The Morgan fingerprint density at radius 1 is 1.29 bits per heavy atom. The van der Waals surface area contributed by atoms with Crippen LogP contribution >= 0.6 is 0 Å². The van der Waals surface area contributed by atoms with Crippen LogP contribution in [-0.2, 0) is 0 Å². The first-order valence-electron chi connectivity index (χ1n) is 7.96. The summed E-state index contributed by atoms with van der Waals surface area (Å²) in [5, 5.41) is 10.3. The average Bonchev–Trinajstić information content (AvgIpc) is 2.93. The molecule has 0 aromatic heterocycles. The number of hydrogen-bond donors (Lipinski definition) is 4. The van der Waals surface area contributed by atoms with Crippen LogP contribution in [-0.4, -0.2) is 25.7 Å². The number of allylic oxidation sites excluding steroid dienone is 1. The molecule has 0 saturated carbocycles. The Hall–Kier alpha value is -1.68. The molecule has 0 aromatic carbocycles. The van der Waals surface area contributed by atoms with Crippen molar-refractivity contribution in [2.75, 3.05) is 19.6 Å². The van der Waals surface area contributed by atoms with E-state index in [0.717, 1.165) is 25.3 Å². The van der Waals surface area contributed by atoms with Crippen molar-refractivity contribution < 1.29 is 0 Å². The molecule has 3 rings (SSSR count). The Morgan fingerprint density at radius 2 is 2.05 bits per heavy atom. The van der Waals surface area contributed by atoms with Crippen molar-refractivity contribution in [2.24, 2.45) is 11.7 Å². The lowest BCUT2D eigenvalue weighted by Crippen LogP contribution is -2.35. The number of piperidine rings is 1. The van der Waals surface area contributed by atoms with Gasteiger partial charge in [0, 0.05) is 24.4 Å². The Bertz CT molecular complexity index is 533. The summed E-state index contributed by atoms with van der Waals surface area (Å²) in [6, 6.07) is 0.347. The van der Waals surface area contributed by atoms with Gasteiger partial charge in [0.1, 0.15) is 0 Å². The molecule has 114 valence electrons. The third-order valence-corrected chi connectivity index (χ3v) is 4.82. The first kappa shape index (κ1) is 14.3. The molecule has 0 radical (unpaired) electrons. The summed E-state index contributed by atoms with van der Waals surface area (Å²) in [6.07, 6.45) is 8.41. The Kier molecular flexibility index (Phi) is 4.06. The van der Waals surface area contributed by atoms with E-state index in [2.05, 4.69) is 35.9 Å². The zero-order chi connectivity index (χ0) is 14.8. The van der Waals surface area contributed by atoms with Crippen molar-refractivity contribution in [1.82, 2.24) is 16.0 Å². The number of nitrogens with one attached hydrogen (secondary N) is 3. The van der Waals surface area contributed by atoms with Gasteiger partial charge >= 0.3 is 0 Å². The van der Waals surface area contributed by atoms with E-state index in [1.807, 2.05) is 6.20 Å². The molecule has 0 bridgehead atoms. The molecule has 1 fully saturated rings. The van der Waals surface area contributed by atoms with Gasteiger partial charge < -0.3 is 21.7 Å². The van der Waals surface area contributed by atoms with E-state index < -0.39 is 0 Å². The van der Waals surface area contributed by atoms with Crippen LogP contribution in [0.4, 0.5) is 0 Å². The minimum atomic E-state index is 0.347. The predicted octanol–water partition coefficient (Wildman–Crippen LogP) is 1.51. The molecule has 0 aromatic rings. The molecule has 1 unspecified atom stereocenters. The number of rotatable bonds is 1. The maximum Gasteiger partial charge on any atom is 0.0580 e. The van der Waals surface area contributed by atoms with Crippen LogP contribution in [0.15, 0.2) is 46.5 Å². The highest BCUT2D eigenvalue weighted by atomic mass is 14.9. The molecule has 3 aliphatic rings. The third-order valence-electron chi connectivity index (χ3n) is 4.82. The summed E-state index contributed by atoms with van der Waals surface area (Å²) in [5.74, 6) is 0.645. The van der Waals surface area contributed by atoms with Crippen molar-refractivity contribution in [3.63, 3.8) is 0 Å². The van der Waals surface area contributed by atoms with Crippen molar-refractivity contribution >= 4 is 0 Å². The standard InChI is InChI=1S/C17H26N4/c1-11-10-21-15(9-18)17(14-5-8-20-12(14)2)16(11)13-3-6-19-7-4-13/h5,8-9,12-13,19-21H,3-4,6-7,10,18H2,1-2H3/b15-9+,17-14+. The summed E-state index contributed by atoms with van der Waals surface area (Å²) >= 11 is 0. The van der Waals surface area contributed by atoms with Gasteiger partial charge in [-0.25, -0.2) is 0 Å². The van der Waals surface area contributed by atoms with Crippen LogP contribution in [0.2, 0.25) is 0 Å². The normalized spacial score (nSPS) is 32.5. The largest absolute Gasteiger partial charge is 0.403 e. The van der Waals surface area contributed by atoms with Gasteiger partial charge in [-0.15, -0.1) is 0 Å². The lowest BCUT2D eigenvalue weighted by atomic mass is 9.77. The second-order valence-electron chi connectivity index (χ2n) is 6.20. The molecule has 0 spiro atoms. The second-order valence-corrected chi connectivity index (χ2v) is 6.20. The van der Waals surface area contributed by atoms with Gasteiger partial charge in [0.25, 0.3) is 0 Å². The quantitative estimate of drug-likeness (QED) is 0.590. The molecule has 0 amide bonds. The highest BCUT2D eigenvalue weighted by molar-refractivity contribution is 5.59. The zero-order valence-corrected chi connectivity index (χ0v) is 13.0. The van der Waals surface area contributed by atoms with Gasteiger partial charge in [0.05, 0.1) is 5.70 Å². The van der Waals surface area contributed by atoms with Crippen LogP contribution in [0.25, 0.3) is 0 Å². The maximum atomic E-state index is 5.91. The van der Waals surface area contributed by atoms with Crippen LogP contribution in [0.5, 0.6) is 0 Å². The van der Waals surface area contributed by atoms with Crippen molar-refractivity contribution in [2.45, 2.75) is 32.7 Å². The van der Waals surface area contributed by atoms with Gasteiger partial charge in [-0.3, -0.25) is 0 Å². The fraction of sp³-hybridized carbons (Fsp3) is 0.529. The van der Waals surface area contributed by atoms with Gasteiger partial charge in [0.15, 0.2) is 0 Å². The average molecular weight is 286 g/mol. The summed E-state index contributed by atoms with van der Waals surface area (Å²) in [4.78, 5) is 0. The number of hydrogen-bond acceptors (Lipinski definition) is 4. The Labute approximate surface area is 127 Å². The third kappa shape index (κ3) is 2.60. The van der Waals surface area contributed by atoms with E-state index in [1.54, 1.807) is 6.20 Å². The second kappa shape index (κ2) is 5.98. The minimum Gasteiger partial charge on any atom is -0.403 e. The van der Waals surface area contributed by atoms with Gasteiger partial charge in [-0.05, 0) is 69.1 Å². The molecule has 4 heteroatoms. The first-order chi connectivity index (χ1) is 10.2. The minimum absolute atomic E-state index is 0.347. The Morgan fingerprint density at radius 3 is 2.67 bits per heavy atom. The van der Waals surface area contributed by atoms with Crippen molar-refractivity contribution in [1.29, 1.82) is 0 Å². The van der Waals surface area contributed by atoms with Crippen LogP contribution in [0.3, 0.4) is 0 Å². The van der Waals surface area contributed by atoms with Gasteiger partial charge in [-0.2, -0.15) is 0 Å². The molecule has 3 heterocycles. The maximum absolute atomic E-state index is 5.91. The fourth-order valence-corrected chi connectivity index (χ4v) is 3.70. The van der Waals surface area contributed by atoms with Gasteiger partial charge in [0.2, 0.25) is 0 Å². The lowest BCUT2D eigenvalue weighted by Gasteiger charge is -2.34. The molecule has 21 heavy (non-hydrogen) atoms. The topological polar surface area (TPSA) is 62.1 Å². The van der Waals surface area contributed by atoms with Crippen LogP contribution < -0.4 is 21.7 Å². The van der Waals surface area contributed by atoms with Crippen molar-refractivity contribution in [3.05, 3.63) is 46.5 Å². The molecular weight excluding hydrogens is 260 g/mol. The summed E-state index contributed by atoms with van der Waals surface area (Å²) < 4.78 is 0. The summed E-state index contributed by atoms with van der Waals surface area (Å²) in [6.45, 7) is 7.60. The van der Waals surface area contributed by atoms with Gasteiger partial charge in [-0.1, -0.05) is 5.57 Å². The van der Waals surface area contributed by atoms with Crippen LogP contribution in [0, 0.1) is 5.92 Å². The smallest absolute Gasteiger partial charge is 0.0580 e. The van der Waals surface area contributed by atoms with E-state index in [9.17, 15) is 0 Å². The Balaban J connectivity index is 2.09. The van der Waals surface area contributed by atoms with E-state index in [-0.39, 0.29) is 0 Å². The summed E-state index contributed by atoms with van der Waals surface area (Å²) in [7, 11) is 0. The zero-order valence-electron chi connectivity index (χ0n) is 13.0. The molecule has 5 N–H and O–H groups in total.